The molecule has 0 heterocycles. The molecule has 0 saturated heterocycles. The zero-order valence-electron chi connectivity index (χ0n) is 16.8. The van der Waals surface area contributed by atoms with E-state index in [9.17, 15) is 5.11 Å². The van der Waals surface area contributed by atoms with Gasteiger partial charge < -0.3 is 9.59 Å². The molecular formula is C21H46NO+. The standard InChI is InChI=1S/C21H46NO/c1-5-6-7-15-18-21(23)19-16-13-11-9-8-10-12-14-17-20-22(2,3)4/h21,23H,5-20H2,1-4H3/q+1. The van der Waals surface area contributed by atoms with Crippen LogP contribution in [0.1, 0.15) is 103 Å². The maximum atomic E-state index is 9.93. The molecule has 0 aromatic carbocycles. The molecule has 0 bridgehead atoms. The van der Waals surface area contributed by atoms with Crippen molar-refractivity contribution in [1.29, 1.82) is 0 Å². The monoisotopic (exact) mass is 328 g/mol. The summed E-state index contributed by atoms with van der Waals surface area (Å²) in [7, 11) is 6.84. The zero-order chi connectivity index (χ0) is 17.4. The minimum atomic E-state index is -0.0342. The van der Waals surface area contributed by atoms with Gasteiger partial charge in [-0.1, -0.05) is 77.6 Å². The number of quaternary nitrogens is 1. The van der Waals surface area contributed by atoms with Crippen molar-refractivity contribution in [2.75, 3.05) is 27.7 Å². The highest BCUT2D eigenvalue weighted by molar-refractivity contribution is 4.57. The van der Waals surface area contributed by atoms with Crippen molar-refractivity contribution in [2.24, 2.45) is 0 Å². The van der Waals surface area contributed by atoms with Crippen molar-refractivity contribution in [3.63, 3.8) is 0 Å². The van der Waals surface area contributed by atoms with E-state index in [2.05, 4.69) is 28.1 Å². The maximum absolute atomic E-state index is 9.93. The third-order valence-electron chi connectivity index (χ3n) is 4.76. The summed E-state index contributed by atoms with van der Waals surface area (Å²) in [5, 5.41) is 9.93. The fourth-order valence-corrected chi connectivity index (χ4v) is 3.15. The Morgan fingerprint density at radius 1 is 0.609 bits per heavy atom. The van der Waals surface area contributed by atoms with Crippen LogP contribution in [0, 0.1) is 0 Å². The van der Waals surface area contributed by atoms with Crippen LogP contribution in [-0.2, 0) is 0 Å². The van der Waals surface area contributed by atoms with Crippen molar-refractivity contribution in [3.8, 4) is 0 Å². The van der Waals surface area contributed by atoms with Gasteiger partial charge in [0.15, 0.2) is 0 Å². The summed E-state index contributed by atoms with van der Waals surface area (Å²) in [5.41, 5.74) is 0. The van der Waals surface area contributed by atoms with Gasteiger partial charge in [0.2, 0.25) is 0 Å². The number of hydrogen-bond donors (Lipinski definition) is 1. The molecule has 2 nitrogen and oxygen atoms in total. The van der Waals surface area contributed by atoms with Crippen LogP contribution < -0.4 is 0 Å². The molecule has 0 radical (unpaired) electrons. The molecule has 0 aliphatic heterocycles. The first-order valence-electron chi connectivity index (χ1n) is 10.4. The Morgan fingerprint density at radius 3 is 1.43 bits per heavy atom. The molecule has 1 N–H and O–H groups in total. The Labute approximate surface area is 147 Å². The first-order chi connectivity index (χ1) is 11.0. The molecule has 0 rings (SSSR count). The van der Waals surface area contributed by atoms with Crippen molar-refractivity contribution in [1.82, 2.24) is 0 Å². The van der Waals surface area contributed by atoms with E-state index in [-0.39, 0.29) is 6.10 Å². The van der Waals surface area contributed by atoms with Crippen molar-refractivity contribution >= 4 is 0 Å². The number of rotatable bonds is 17. The summed E-state index contributed by atoms with van der Waals surface area (Å²) in [6.07, 6.45) is 19.4. The number of aliphatic hydroxyl groups is 1. The van der Waals surface area contributed by atoms with E-state index in [0.717, 1.165) is 17.3 Å². The van der Waals surface area contributed by atoms with E-state index in [1.54, 1.807) is 0 Å². The molecule has 0 aliphatic carbocycles. The quantitative estimate of drug-likeness (QED) is 0.259. The van der Waals surface area contributed by atoms with E-state index in [1.807, 2.05) is 0 Å². The molecule has 0 amide bonds. The van der Waals surface area contributed by atoms with Gasteiger partial charge in [-0.15, -0.1) is 0 Å². The molecule has 0 aromatic rings. The molecule has 2 heteroatoms. The van der Waals surface area contributed by atoms with E-state index < -0.39 is 0 Å². The summed E-state index contributed by atoms with van der Waals surface area (Å²) in [6.45, 7) is 3.54. The summed E-state index contributed by atoms with van der Waals surface area (Å²) >= 11 is 0. The summed E-state index contributed by atoms with van der Waals surface area (Å²) < 4.78 is 1.10. The maximum Gasteiger partial charge on any atom is 0.0780 e. The number of unbranched alkanes of at least 4 members (excludes halogenated alkanes) is 11. The Bertz CT molecular complexity index is 234. The Balaban J connectivity index is 3.15. The lowest BCUT2D eigenvalue weighted by molar-refractivity contribution is -0.870. The third kappa shape index (κ3) is 19.9. The Kier molecular flexibility index (Phi) is 15.4. The van der Waals surface area contributed by atoms with Crippen molar-refractivity contribution in [2.45, 2.75) is 109 Å². The summed E-state index contributed by atoms with van der Waals surface area (Å²) in [5.74, 6) is 0. The van der Waals surface area contributed by atoms with Crippen LogP contribution in [0.3, 0.4) is 0 Å². The average Bonchev–Trinajstić information content (AvgIpc) is 2.48. The van der Waals surface area contributed by atoms with Crippen LogP contribution in [0.2, 0.25) is 0 Å². The van der Waals surface area contributed by atoms with E-state index in [4.69, 9.17) is 0 Å². The molecule has 140 valence electrons. The van der Waals surface area contributed by atoms with Crippen molar-refractivity contribution in [3.05, 3.63) is 0 Å². The molecular weight excluding hydrogens is 282 g/mol. The second-order valence-electron chi connectivity index (χ2n) is 8.49. The van der Waals surface area contributed by atoms with E-state index >= 15 is 0 Å². The normalized spacial score (nSPS) is 13.4. The third-order valence-corrected chi connectivity index (χ3v) is 4.76. The predicted molar refractivity (Wildman–Crippen MR) is 104 cm³/mol. The topological polar surface area (TPSA) is 20.2 Å². The number of nitrogens with zero attached hydrogens (tertiary/aromatic N) is 1. The second-order valence-corrected chi connectivity index (χ2v) is 8.49. The Hall–Kier alpha value is -0.0800. The van der Waals surface area contributed by atoms with Gasteiger partial charge in [-0.05, 0) is 25.7 Å². The van der Waals surface area contributed by atoms with Crippen LogP contribution in [0.4, 0.5) is 0 Å². The lowest BCUT2D eigenvalue weighted by Gasteiger charge is -2.23. The van der Waals surface area contributed by atoms with Crippen LogP contribution in [0.5, 0.6) is 0 Å². The SMILES string of the molecule is CCCCCCC(O)CCCCCCCCCCC[N+](C)(C)C. The summed E-state index contributed by atoms with van der Waals surface area (Å²) in [6, 6.07) is 0. The molecule has 0 aliphatic rings. The highest BCUT2D eigenvalue weighted by atomic mass is 16.3. The zero-order valence-corrected chi connectivity index (χ0v) is 16.8. The van der Waals surface area contributed by atoms with Crippen molar-refractivity contribution < 1.29 is 9.59 Å². The van der Waals surface area contributed by atoms with Gasteiger partial charge in [0.05, 0.1) is 33.8 Å². The van der Waals surface area contributed by atoms with Crippen LogP contribution in [0.15, 0.2) is 0 Å². The first kappa shape index (κ1) is 22.9. The predicted octanol–water partition coefficient (Wildman–Crippen LogP) is 5.92. The molecule has 0 aromatic heterocycles. The minimum Gasteiger partial charge on any atom is -0.393 e. The smallest absolute Gasteiger partial charge is 0.0780 e. The largest absolute Gasteiger partial charge is 0.393 e. The van der Waals surface area contributed by atoms with Gasteiger partial charge in [-0.3, -0.25) is 0 Å². The van der Waals surface area contributed by atoms with Crippen LogP contribution in [0.25, 0.3) is 0 Å². The van der Waals surface area contributed by atoms with Crippen LogP contribution >= 0.6 is 0 Å². The average molecular weight is 329 g/mol. The van der Waals surface area contributed by atoms with Gasteiger partial charge in [-0.2, -0.15) is 0 Å². The number of aliphatic hydroxyl groups excluding tert-OH is 1. The van der Waals surface area contributed by atoms with E-state index in [1.165, 1.54) is 90.0 Å². The molecule has 0 spiro atoms. The van der Waals surface area contributed by atoms with E-state index in [0.29, 0.717) is 0 Å². The highest BCUT2D eigenvalue weighted by Crippen LogP contribution is 2.14. The van der Waals surface area contributed by atoms with Gasteiger partial charge >= 0.3 is 0 Å². The van der Waals surface area contributed by atoms with Gasteiger partial charge in [0.25, 0.3) is 0 Å². The first-order valence-corrected chi connectivity index (χ1v) is 10.4. The second kappa shape index (κ2) is 15.4. The lowest BCUT2D eigenvalue weighted by Crippen LogP contribution is -2.35. The Morgan fingerprint density at radius 2 is 1.00 bits per heavy atom. The molecule has 23 heavy (non-hydrogen) atoms. The molecule has 1 unspecified atom stereocenters. The molecule has 0 saturated carbocycles. The minimum absolute atomic E-state index is 0.0342. The lowest BCUT2D eigenvalue weighted by atomic mass is 10.0. The summed E-state index contributed by atoms with van der Waals surface area (Å²) in [4.78, 5) is 0. The number of hydrogen-bond acceptors (Lipinski definition) is 1. The molecule has 1 atom stereocenters. The fourth-order valence-electron chi connectivity index (χ4n) is 3.15. The van der Waals surface area contributed by atoms with Gasteiger partial charge in [0.1, 0.15) is 0 Å². The van der Waals surface area contributed by atoms with Gasteiger partial charge in [0, 0.05) is 0 Å². The fraction of sp³-hybridized carbons (Fsp3) is 1.00. The highest BCUT2D eigenvalue weighted by Gasteiger charge is 2.05. The molecule has 0 fully saturated rings. The van der Waals surface area contributed by atoms with Gasteiger partial charge in [-0.25, -0.2) is 0 Å². The van der Waals surface area contributed by atoms with Crippen LogP contribution in [-0.4, -0.2) is 43.4 Å².